The lowest BCUT2D eigenvalue weighted by Crippen LogP contribution is -2.38. The number of carbonyl (C=O) groups excluding carboxylic acids is 1. The molecule has 3 nitrogen and oxygen atoms in total. The third-order valence-corrected chi connectivity index (χ3v) is 9.18. The van der Waals surface area contributed by atoms with Crippen LogP contribution in [0, 0.1) is 17.3 Å². The SMILES string of the molecule is CCC1(CC(=O)Nc2ccc(-c3cc(-c4ccccc4)c4cc(Cl)ccc4n3)cc2)C[C@@H]2CCC[C@@H](C2)C1. The van der Waals surface area contributed by atoms with Crippen molar-refractivity contribution in [2.75, 3.05) is 5.32 Å². The number of rotatable bonds is 6. The first-order chi connectivity index (χ1) is 18.5. The van der Waals surface area contributed by atoms with Crippen LogP contribution in [0.5, 0.6) is 0 Å². The zero-order valence-corrected chi connectivity index (χ0v) is 22.8. The number of nitrogens with zero attached hydrogens (tertiary/aromatic N) is 1. The smallest absolute Gasteiger partial charge is 0.224 e. The third kappa shape index (κ3) is 5.22. The summed E-state index contributed by atoms with van der Waals surface area (Å²) in [6.07, 6.45) is 9.62. The van der Waals surface area contributed by atoms with Crippen molar-refractivity contribution in [2.45, 2.75) is 58.3 Å². The van der Waals surface area contributed by atoms with Gasteiger partial charge in [0.1, 0.15) is 0 Å². The van der Waals surface area contributed by atoms with Gasteiger partial charge in [-0.15, -0.1) is 0 Å². The molecule has 38 heavy (non-hydrogen) atoms. The molecule has 2 fully saturated rings. The van der Waals surface area contributed by atoms with E-state index in [1.165, 1.54) is 38.5 Å². The van der Waals surface area contributed by atoms with Crippen molar-refractivity contribution in [3.05, 3.63) is 83.9 Å². The summed E-state index contributed by atoms with van der Waals surface area (Å²) in [4.78, 5) is 18.1. The molecule has 1 N–H and O–H groups in total. The van der Waals surface area contributed by atoms with Crippen LogP contribution >= 0.6 is 11.6 Å². The van der Waals surface area contributed by atoms with Crippen molar-refractivity contribution in [2.24, 2.45) is 17.3 Å². The van der Waals surface area contributed by atoms with E-state index in [0.29, 0.717) is 11.4 Å². The van der Waals surface area contributed by atoms with Crippen LogP contribution in [-0.2, 0) is 4.79 Å². The second-order valence-electron chi connectivity index (χ2n) is 11.5. The normalized spacial score (nSPS) is 22.8. The van der Waals surface area contributed by atoms with Crippen molar-refractivity contribution in [3.63, 3.8) is 0 Å². The summed E-state index contributed by atoms with van der Waals surface area (Å²) in [7, 11) is 0. The van der Waals surface area contributed by atoms with Gasteiger partial charge in [-0.1, -0.05) is 80.3 Å². The van der Waals surface area contributed by atoms with Gasteiger partial charge in [-0.25, -0.2) is 4.98 Å². The van der Waals surface area contributed by atoms with Crippen LogP contribution in [0.15, 0.2) is 78.9 Å². The van der Waals surface area contributed by atoms with Gasteiger partial charge in [-0.3, -0.25) is 4.79 Å². The van der Waals surface area contributed by atoms with E-state index >= 15 is 0 Å². The maximum absolute atomic E-state index is 13.2. The molecule has 2 bridgehead atoms. The van der Waals surface area contributed by atoms with E-state index in [1.807, 2.05) is 48.5 Å². The van der Waals surface area contributed by atoms with Crippen LogP contribution in [0.2, 0.25) is 5.02 Å². The van der Waals surface area contributed by atoms with E-state index in [0.717, 1.165) is 57.2 Å². The molecule has 2 aliphatic carbocycles. The number of nitrogens with one attached hydrogen (secondary N) is 1. The van der Waals surface area contributed by atoms with Crippen molar-refractivity contribution in [3.8, 4) is 22.4 Å². The summed E-state index contributed by atoms with van der Waals surface area (Å²) in [5.41, 5.74) is 6.07. The Morgan fingerprint density at radius 3 is 2.39 bits per heavy atom. The van der Waals surface area contributed by atoms with Gasteiger partial charge in [-0.2, -0.15) is 0 Å². The van der Waals surface area contributed by atoms with Gasteiger partial charge in [0.25, 0.3) is 0 Å². The number of hydrogen-bond donors (Lipinski definition) is 1. The molecule has 194 valence electrons. The molecular formula is C34H35ClN2O. The van der Waals surface area contributed by atoms with Gasteiger partial charge in [0.2, 0.25) is 5.91 Å². The van der Waals surface area contributed by atoms with Gasteiger partial charge in [-0.05, 0) is 90.5 Å². The maximum atomic E-state index is 13.2. The minimum Gasteiger partial charge on any atom is -0.326 e. The number of anilines is 1. The van der Waals surface area contributed by atoms with Crippen molar-refractivity contribution >= 4 is 34.1 Å². The molecule has 0 spiro atoms. The van der Waals surface area contributed by atoms with Crippen molar-refractivity contribution in [1.29, 1.82) is 0 Å². The Hall–Kier alpha value is -3.17. The Balaban J connectivity index is 1.22. The molecule has 3 aromatic carbocycles. The molecule has 1 amide bonds. The third-order valence-electron chi connectivity index (χ3n) is 8.94. The highest BCUT2D eigenvalue weighted by Crippen LogP contribution is 2.52. The van der Waals surface area contributed by atoms with E-state index in [4.69, 9.17) is 16.6 Å². The molecule has 2 saturated carbocycles. The molecule has 4 heteroatoms. The lowest BCUT2D eigenvalue weighted by Gasteiger charge is -2.47. The number of halogens is 1. The Labute approximate surface area is 230 Å². The zero-order chi connectivity index (χ0) is 26.1. The predicted molar refractivity (Wildman–Crippen MR) is 158 cm³/mol. The molecule has 3 atom stereocenters. The van der Waals surface area contributed by atoms with Crippen LogP contribution in [0.1, 0.15) is 58.3 Å². The Morgan fingerprint density at radius 2 is 1.68 bits per heavy atom. The molecule has 0 saturated heterocycles. The van der Waals surface area contributed by atoms with E-state index < -0.39 is 0 Å². The van der Waals surface area contributed by atoms with Crippen LogP contribution in [0.3, 0.4) is 0 Å². The van der Waals surface area contributed by atoms with E-state index in [2.05, 4.69) is 42.6 Å². The molecule has 0 radical (unpaired) electrons. The summed E-state index contributed by atoms with van der Waals surface area (Å²) in [6, 6.07) is 26.4. The molecule has 2 aliphatic rings. The Kier molecular flexibility index (Phi) is 6.97. The number of aromatic nitrogens is 1. The average molecular weight is 523 g/mol. The average Bonchev–Trinajstić information content (AvgIpc) is 2.93. The fourth-order valence-corrected chi connectivity index (χ4v) is 7.28. The highest BCUT2D eigenvalue weighted by molar-refractivity contribution is 6.31. The molecule has 1 unspecified atom stereocenters. The number of amides is 1. The van der Waals surface area contributed by atoms with Crippen molar-refractivity contribution < 1.29 is 4.79 Å². The lowest BCUT2D eigenvalue weighted by atomic mass is 9.58. The highest BCUT2D eigenvalue weighted by Gasteiger charge is 2.42. The molecule has 1 aromatic heterocycles. The molecule has 1 heterocycles. The maximum Gasteiger partial charge on any atom is 0.224 e. The van der Waals surface area contributed by atoms with Crippen LogP contribution in [-0.4, -0.2) is 10.9 Å². The van der Waals surface area contributed by atoms with E-state index in [1.54, 1.807) is 0 Å². The van der Waals surface area contributed by atoms with Gasteiger partial charge >= 0.3 is 0 Å². The summed E-state index contributed by atoms with van der Waals surface area (Å²) in [5, 5.41) is 4.93. The van der Waals surface area contributed by atoms with Gasteiger partial charge < -0.3 is 5.32 Å². The first kappa shape index (κ1) is 25.1. The standard InChI is InChI=1S/C34H35ClN2O/c1-2-34(20-23-7-6-8-24(17-23)21-34)22-33(38)36-28-14-11-26(12-15-28)32-19-29(25-9-4-3-5-10-25)30-18-27(35)13-16-31(30)37-32/h3-5,9-16,18-19,23-24H,2,6-8,17,20-22H2,1H3,(H,36,38)/t23-,24+,34?. The summed E-state index contributed by atoms with van der Waals surface area (Å²) >= 11 is 6.34. The minimum absolute atomic E-state index is 0.145. The molecular weight excluding hydrogens is 488 g/mol. The summed E-state index contributed by atoms with van der Waals surface area (Å²) < 4.78 is 0. The molecule has 4 aromatic rings. The minimum atomic E-state index is 0.145. The highest BCUT2D eigenvalue weighted by atomic mass is 35.5. The zero-order valence-electron chi connectivity index (χ0n) is 22.1. The lowest BCUT2D eigenvalue weighted by molar-refractivity contribution is -0.120. The van der Waals surface area contributed by atoms with E-state index in [-0.39, 0.29) is 11.3 Å². The number of benzene rings is 3. The number of carbonyl (C=O) groups is 1. The predicted octanol–water partition coefficient (Wildman–Crippen LogP) is 9.55. The fourth-order valence-electron chi connectivity index (χ4n) is 7.11. The number of hydrogen-bond acceptors (Lipinski definition) is 2. The van der Waals surface area contributed by atoms with Gasteiger partial charge in [0.15, 0.2) is 0 Å². The van der Waals surface area contributed by atoms with E-state index in [9.17, 15) is 4.79 Å². The quantitative estimate of drug-likeness (QED) is 0.274. The summed E-state index contributed by atoms with van der Waals surface area (Å²) in [6.45, 7) is 2.28. The largest absolute Gasteiger partial charge is 0.326 e. The first-order valence-electron chi connectivity index (χ1n) is 14.1. The number of fused-ring (bicyclic) bond motifs is 3. The van der Waals surface area contributed by atoms with Gasteiger partial charge in [0, 0.05) is 28.1 Å². The fraction of sp³-hybridized carbons (Fsp3) is 0.353. The van der Waals surface area contributed by atoms with Gasteiger partial charge in [0.05, 0.1) is 11.2 Å². The molecule has 0 aliphatic heterocycles. The second-order valence-corrected chi connectivity index (χ2v) is 12.0. The van der Waals surface area contributed by atoms with Crippen molar-refractivity contribution in [1.82, 2.24) is 4.98 Å². The monoisotopic (exact) mass is 522 g/mol. The number of pyridine rings is 1. The topological polar surface area (TPSA) is 42.0 Å². The first-order valence-corrected chi connectivity index (χ1v) is 14.4. The van der Waals surface area contributed by atoms with Crippen LogP contribution in [0.4, 0.5) is 5.69 Å². The Morgan fingerprint density at radius 1 is 0.947 bits per heavy atom. The second kappa shape index (κ2) is 10.5. The summed E-state index contributed by atoms with van der Waals surface area (Å²) in [5.74, 6) is 1.79. The van der Waals surface area contributed by atoms with Crippen LogP contribution < -0.4 is 5.32 Å². The molecule has 6 rings (SSSR count). The van der Waals surface area contributed by atoms with Crippen LogP contribution in [0.25, 0.3) is 33.3 Å². The Bertz CT molecular complexity index is 1440.